The van der Waals surface area contributed by atoms with Gasteiger partial charge in [0.15, 0.2) is 0 Å². The third kappa shape index (κ3) is 1.87. The van der Waals surface area contributed by atoms with Crippen LogP contribution >= 0.6 is 11.8 Å². The Morgan fingerprint density at radius 1 is 1.00 bits per heavy atom. The molecule has 0 amide bonds. The van der Waals surface area contributed by atoms with Crippen LogP contribution in [-0.4, -0.2) is 11.4 Å². The number of benzene rings is 2. The lowest BCUT2D eigenvalue weighted by Crippen LogP contribution is -2.28. The third-order valence-corrected chi connectivity index (χ3v) is 6.47. The Kier molecular flexibility index (Phi) is 2.87. The summed E-state index contributed by atoms with van der Waals surface area (Å²) < 4.78 is 6.31. The highest BCUT2D eigenvalue weighted by Gasteiger charge is 2.37. The fourth-order valence-corrected chi connectivity index (χ4v) is 5.37. The van der Waals surface area contributed by atoms with Crippen LogP contribution < -0.4 is 4.74 Å². The fourth-order valence-electron chi connectivity index (χ4n) is 3.92. The van der Waals surface area contributed by atoms with Crippen molar-refractivity contribution in [3.05, 3.63) is 59.7 Å². The van der Waals surface area contributed by atoms with E-state index in [1.165, 1.54) is 41.4 Å². The van der Waals surface area contributed by atoms with Crippen molar-refractivity contribution in [2.45, 2.75) is 41.9 Å². The van der Waals surface area contributed by atoms with Crippen LogP contribution in [-0.2, 0) is 0 Å². The molecule has 5 rings (SSSR count). The number of fused-ring (bicyclic) bond motifs is 4. The van der Waals surface area contributed by atoms with Crippen LogP contribution in [0.1, 0.15) is 25.7 Å². The van der Waals surface area contributed by atoms with E-state index in [1.807, 2.05) is 11.8 Å². The van der Waals surface area contributed by atoms with Gasteiger partial charge in [-0.05, 0) is 54.2 Å². The van der Waals surface area contributed by atoms with Crippen LogP contribution in [0.3, 0.4) is 0 Å². The average Bonchev–Trinajstić information content (AvgIpc) is 3.21. The molecule has 0 bridgehead atoms. The third-order valence-electron chi connectivity index (χ3n) is 5.04. The monoisotopic (exact) mass is 306 g/mol. The second kappa shape index (κ2) is 4.92. The minimum Gasteiger partial charge on any atom is -0.484 e. The first-order valence-electron chi connectivity index (χ1n) is 8.15. The van der Waals surface area contributed by atoms with E-state index >= 15 is 0 Å². The predicted molar refractivity (Wildman–Crippen MR) is 92.6 cm³/mol. The van der Waals surface area contributed by atoms with Gasteiger partial charge in [-0.2, -0.15) is 0 Å². The highest BCUT2D eigenvalue weighted by molar-refractivity contribution is 8.00. The van der Waals surface area contributed by atoms with Gasteiger partial charge in [-0.25, -0.2) is 0 Å². The molecule has 2 aromatic rings. The van der Waals surface area contributed by atoms with Crippen LogP contribution in [0.15, 0.2) is 64.6 Å². The molecule has 1 fully saturated rings. The van der Waals surface area contributed by atoms with Crippen LogP contribution in [0, 0.1) is 0 Å². The summed E-state index contributed by atoms with van der Waals surface area (Å²) in [4.78, 5) is 1.32. The minimum atomic E-state index is 0.210. The van der Waals surface area contributed by atoms with Crippen molar-refractivity contribution in [3.8, 4) is 5.75 Å². The van der Waals surface area contributed by atoms with E-state index < -0.39 is 0 Å². The van der Waals surface area contributed by atoms with E-state index in [4.69, 9.17) is 4.74 Å². The van der Waals surface area contributed by atoms with E-state index in [9.17, 15) is 0 Å². The summed E-state index contributed by atoms with van der Waals surface area (Å²) in [6.07, 6.45) is 10.1. The maximum absolute atomic E-state index is 6.31. The van der Waals surface area contributed by atoms with E-state index in [0.717, 1.165) is 5.75 Å². The molecule has 0 aromatic heterocycles. The highest BCUT2D eigenvalue weighted by atomic mass is 32.2. The molecule has 2 heteroatoms. The summed E-state index contributed by atoms with van der Waals surface area (Å²) in [7, 11) is 0. The summed E-state index contributed by atoms with van der Waals surface area (Å²) in [5, 5.41) is 3.08. The van der Waals surface area contributed by atoms with Crippen molar-refractivity contribution in [2.75, 3.05) is 0 Å². The van der Waals surface area contributed by atoms with E-state index in [-0.39, 0.29) is 6.10 Å². The molecule has 2 atom stereocenters. The molecule has 22 heavy (non-hydrogen) atoms. The number of thioether (sulfide) groups is 1. The Morgan fingerprint density at radius 3 is 2.77 bits per heavy atom. The maximum Gasteiger partial charge on any atom is 0.134 e. The molecule has 1 aliphatic heterocycles. The van der Waals surface area contributed by atoms with Crippen molar-refractivity contribution in [1.29, 1.82) is 0 Å². The number of ether oxygens (including phenoxy) is 1. The Hall–Kier alpha value is -1.67. The molecule has 3 aliphatic rings. The van der Waals surface area contributed by atoms with Gasteiger partial charge < -0.3 is 4.74 Å². The van der Waals surface area contributed by atoms with Gasteiger partial charge in [-0.15, -0.1) is 11.8 Å². The zero-order valence-electron chi connectivity index (χ0n) is 12.4. The lowest BCUT2D eigenvalue weighted by atomic mass is 10.1. The smallest absolute Gasteiger partial charge is 0.134 e. The molecule has 0 spiro atoms. The fraction of sp³-hybridized carbons (Fsp3) is 0.300. The number of hydrogen-bond acceptors (Lipinski definition) is 2. The zero-order valence-corrected chi connectivity index (χ0v) is 13.2. The van der Waals surface area contributed by atoms with Crippen molar-refractivity contribution in [2.24, 2.45) is 0 Å². The molecule has 1 saturated carbocycles. The molecule has 2 unspecified atom stereocenters. The van der Waals surface area contributed by atoms with Gasteiger partial charge in [0.1, 0.15) is 11.9 Å². The number of hydrogen-bond donors (Lipinski definition) is 0. The van der Waals surface area contributed by atoms with Gasteiger partial charge >= 0.3 is 0 Å². The van der Waals surface area contributed by atoms with Crippen molar-refractivity contribution >= 4 is 22.5 Å². The number of allylic oxidation sites excluding steroid dienone is 2. The maximum atomic E-state index is 6.31. The van der Waals surface area contributed by atoms with Gasteiger partial charge in [0.05, 0.1) is 10.1 Å². The van der Waals surface area contributed by atoms with Crippen molar-refractivity contribution < 1.29 is 4.74 Å². The first-order valence-corrected chi connectivity index (χ1v) is 9.03. The molecule has 2 aromatic carbocycles. The summed E-state index contributed by atoms with van der Waals surface area (Å²) in [6.45, 7) is 0. The van der Waals surface area contributed by atoms with E-state index in [0.29, 0.717) is 5.25 Å². The summed E-state index contributed by atoms with van der Waals surface area (Å²) in [5.74, 6) is 1.05. The van der Waals surface area contributed by atoms with Crippen LogP contribution in [0.4, 0.5) is 0 Å². The molecular formula is C20H18OS. The van der Waals surface area contributed by atoms with Crippen molar-refractivity contribution in [1.82, 2.24) is 0 Å². The first kappa shape index (κ1) is 12.8. The van der Waals surface area contributed by atoms with Gasteiger partial charge in [-0.1, -0.05) is 42.0 Å². The van der Waals surface area contributed by atoms with E-state index in [1.54, 1.807) is 11.1 Å². The van der Waals surface area contributed by atoms with Crippen LogP contribution in [0.2, 0.25) is 0 Å². The van der Waals surface area contributed by atoms with Crippen LogP contribution in [0.5, 0.6) is 5.75 Å². The molecule has 1 heterocycles. The summed E-state index contributed by atoms with van der Waals surface area (Å²) >= 11 is 2.01. The quantitative estimate of drug-likeness (QED) is 0.635. The molecule has 110 valence electrons. The largest absolute Gasteiger partial charge is 0.484 e. The summed E-state index contributed by atoms with van der Waals surface area (Å²) in [5.41, 5.74) is 3.22. The molecule has 0 N–H and O–H groups in total. The standard InChI is InChI=1S/C20H18OS/c1-2-6-13(5-1)16-10-12-18-20(16)22-19-15-8-4-3-7-14(15)9-11-17(19)21-18/h3-4,7-12,18,20H,1-2,5-6H2. The molecule has 0 saturated heterocycles. The predicted octanol–water partition coefficient (Wildman–Crippen LogP) is 5.50. The van der Waals surface area contributed by atoms with Gasteiger partial charge in [-0.3, -0.25) is 0 Å². The lowest BCUT2D eigenvalue weighted by Gasteiger charge is -2.30. The second-order valence-electron chi connectivity index (χ2n) is 6.36. The molecule has 0 radical (unpaired) electrons. The molecular weight excluding hydrogens is 288 g/mol. The first-order chi connectivity index (χ1) is 10.9. The SMILES string of the molecule is C1=CC2Oc3ccc4ccccc4c3SC2C1=C1CCCC1. The minimum absolute atomic E-state index is 0.210. The normalized spacial score (nSPS) is 26.2. The molecule has 1 nitrogen and oxygen atoms in total. The Morgan fingerprint density at radius 2 is 1.86 bits per heavy atom. The van der Waals surface area contributed by atoms with Gasteiger partial charge in [0, 0.05) is 0 Å². The van der Waals surface area contributed by atoms with Gasteiger partial charge in [0.2, 0.25) is 0 Å². The average molecular weight is 306 g/mol. The number of rotatable bonds is 0. The van der Waals surface area contributed by atoms with Crippen molar-refractivity contribution in [3.63, 3.8) is 0 Å². The Bertz CT molecular complexity index is 810. The van der Waals surface area contributed by atoms with Crippen LogP contribution in [0.25, 0.3) is 10.8 Å². The second-order valence-corrected chi connectivity index (χ2v) is 7.51. The summed E-state index contributed by atoms with van der Waals surface area (Å²) in [6, 6.07) is 12.9. The Labute approximate surface area is 135 Å². The Balaban J connectivity index is 1.62. The van der Waals surface area contributed by atoms with E-state index in [2.05, 4.69) is 48.6 Å². The zero-order chi connectivity index (χ0) is 14.5. The topological polar surface area (TPSA) is 9.23 Å². The lowest BCUT2D eigenvalue weighted by molar-refractivity contribution is 0.249. The molecule has 2 aliphatic carbocycles. The van der Waals surface area contributed by atoms with Gasteiger partial charge in [0.25, 0.3) is 0 Å². The highest BCUT2D eigenvalue weighted by Crippen LogP contribution is 2.50.